The Kier molecular flexibility index (Phi) is 5.63. The largest absolute Gasteiger partial charge is 0.328 e. The van der Waals surface area contributed by atoms with Gasteiger partial charge < -0.3 is 4.48 Å². The van der Waals surface area contributed by atoms with E-state index < -0.39 is 10.1 Å². The smallest absolute Gasteiger partial charge is 0.264 e. The fraction of sp³-hybridized carbons (Fsp3) is 1.00. The molecule has 0 atom stereocenters. The second kappa shape index (κ2) is 5.68. The molecule has 0 radical (unpaired) electrons. The number of unbranched alkanes of at least 4 members (excludes halogenated alkanes) is 1. The van der Waals surface area contributed by atoms with Crippen LogP contribution >= 0.6 is 0 Å². The van der Waals surface area contributed by atoms with Crippen molar-refractivity contribution >= 4 is 10.1 Å². The number of quaternary nitrogens is 1. The minimum Gasteiger partial charge on any atom is -0.328 e. The average Bonchev–Trinajstić information content (AvgIpc) is 1.96. The molecule has 0 aromatic rings. The molecule has 0 aromatic carbocycles. The molecule has 0 rings (SSSR count). The second-order valence-electron chi connectivity index (χ2n) is 4.38. The molecule has 0 heterocycles. The zero-order valence-electron chi connectivity index (χ0n) is 9.36. The summed E-state index contributed by atoms with van der Waals surface area (Å²) in [6.07, 6.45) is 2.52. The van der Waals surface area contributed by atoms with E-state index in [1.807, 2.05) is 0 Å². The summed E-state index contributed by atoms with van der Waals surface area (Å²) in [6, 6.07) is 0. The molecule has 0 saturated carbocycles. The van der Waals surface area contributed by atoms with Crippen LogP contribution in [0.25, 0.3) is 0 Å². The van der Waals surface area contributed by atoms with Crippen LogP contribution in [0.2, 0.25) is 0 Å². The van der Waals surface area contributed by atoms with Gasteiger partial charge in [-0.1, -0.05) is 6.92 Å². The third kappa shape index (κ3) is 8.47. The first-order chi connectivity index (χ1) is 6.27. The highest BCUT2D eigenvalue weighted by Gasteiger charge is 2.13. The van der Waals surface area contributed by atoms with Gasteiger partial charge in [-0.2, -0.15) is 8.42 Å². The average molecular weight is 224 g/mol. The monoisotopic (exact) mass is 224 g/mol. The van der Waals surface area contributed by atoms with Gasteiger partial charge in [0.15, 0.2) is 0 Å². The molecule has 0 fully saturated rings. The van der Waals surface area contributed by atoms with E-state index in [2.05, 4.69) is 21.0 Å². The van der Waals surface area contributed by atoms with Crippen molar-refractivity contribution in [3.8, 4) is 0 Å². The third-order valence-corrected chi connectivity index (χ3v) is 3.05. The lowest BCUT2D eigenvalue weighted by Gasteiger charge is -2.29. The zero-order valence-corrected chi connectivity index (χ0v) is 10.2. The van der Waals surface area contributed by atoms with Gasteiger partial charge in [0.1, 0.15) is 0 Å². The molecular formula is C9H22NO3S+. The van der Waals surface area contributed by atoms with Crippen LogP contribution in [-0.2, 0) is 10.1 Å². The minimum absolute atomic E-state index is 0.112. The van der Waals surface area contributed by atoms with Crippen LogP contribution in [0.5, 0.6) is 0 Å². The lowest BCUT2D eigenvalue weighted by Crippen LogP contribution is -2.41. The van der Waals surface area contributed by atoms with Crippen molar-refractivity contribution in [2.45, 2.75) is 26.2 Å². The van der Waals surface area contributed by atoms with Crippen LogP contribution in [-0.4, -0.2) is 50.4 Å². The highest BCUT2D eigenvalue weighted by molar-refractivity contribution is 7.85. The van der Waals surface area contributed by atoms with Gasteiger partial charge in [-0.3, -0.25) is 4.55 Å². The maximum absolute atomic E-state index is 10.4. The van der Waals surface area contributed by atoms with E-state index in [0.717, 1.165) is 30.4 Å². The van der Waals surface area contributed by atoms with Gasteiger partial charge in [0.05, 0.1) is 32.9 Å². The van der Waals surface area contributed by atoms with Gasteiger partial charge >= 0.3 is 0 Å². The van der Waals surface area contributed by atoms with Gasteiger partial charge in [-0.05, 0) is 19.3 Å². The van der Waals surface area contributed by atoms with Crippen LogP contribution in [0, 0.1) is 0 Å². The SMILES string of the molecule is CCC[N+](C)(C)CCCCS(=O)(=O)O. The number of hydrogen-bond donors (Lipinski definition) is 1. The molecule has 0 unspecified atom stereocenters. The van der Waals surface area contributed by atoms with Gasteiger partial charge in [-0.15, -0.1) is 0 Å². The Bertz CT molecular complexity index is 247. The molecule has 0 amide bonds. The van der Waals surface area contributed by atoms with Gasteiger partial charge in [-0.25, -0.2) is 0 Å². The third-order valence-electron chi connectivity index (χ3n) is 2.24. The predicted octanol–water partition coefficient (Wildman–Crippen LogP) is 1.14. The Hall–Kier alpha value is -0.130. The summed E-state index contributed by atoms with van der Waals surface area (Å²) in [5, 5.41) is 0. The first-order valence-corrected chi connectivity index (χ1v) is 6.65. The molecule has 5 heteroatoms. The molecule has 0 bridgehead atoms. The maximum atomic E-state index is 10.4. The topological polar surface area (TPSA) is 54.4 Å². The Morgan fingerprint density at radius 1 is 1.14 bits per heavy atom. The summed E-state index contributed by atoms with van der Waals surface area (Å²) < 4.78 is 30.3. The highest BCUT2D eigenvalue weighted by Crippen LogP contribution is 2.04. The van der Waals surface area contributed by atoms with Crippen molar-refractivity contribution in [1.82, 2.24) is 0 Å². The molecule has 0 aliphatic carbocycles. The lowest BCUT2D eigenvalue weighted by molar-refractivity contribution is -0.890. The van der Waals surface area contributed by atoms with Crippen LogP contribution in [0.3, 0.4) is 0 Å². The predicted molar refractivity (Wildman–Crippen MR) is 57.8 cm³/mol. The highest BCUT2D eigenvalue weighted by atomic mass is 32.2. The van der Waals surface area contributed by atoms with E-state index in [9.17, 15) is 8.42 Å². The van der Waals surface area contributed by atoms with Crippen LogP contribution < -0.4 is 0 Å². The van der Waals surface area contributed by atoms with Crippen molar-refractivity contribution in [1.29, 1.82) is 0 Å². The van der Waals surface area contributed by atoms with Crippen molar-refractivity contribution in [2.24, 2.45) is 0 Å². The molecule has 0 saturated heterocycles. The Balaban J connectivity index is 3.64. The Labute approximate surface area is 87.3 Å². The van der Waals surface area contributed by atoms with Crippen molar-refractivity contribution < 1.29 is 17.5 Å². The maximum Gasteiger partial charge on any atom is 0.264 e. The summed E-state index contributed by atoms with van der Waals surface area (Å²) in [7, 11) is 0.511. The van der Waals surface area contributed by atoms with Crippen molar-refractivity contribution in [3.05, 3.63) is 0 Å². The van der Waals surface area contributed by atoms with Crippen molar-refractivity contribution in [2.75, 3.05) is 32.9 Å². The number of nitrogens with zero attached hydrogens (tertiary/aromatic N) is 1. The fourth-order valence-corrected chi connectivity index (χ4v) is 2.11. The van der Waals surface area contributed by atoms with Gasteiger partial charge in [0.2, 0.25) is 0 Å². The molecule has 0 aliphatic rings. The molecule has 14 heavy (non-hydrogen) atoms. The van der Waals surface area contributed by atoms with Crippen LogP contribution in [0.15, 0.2) is 0 Å². The molecule has 0 spiro atoms. The number of hydrogen-bond acceptors (Lipinski definition) is 2. The number of rotatable bonds is 7. The van der Waals surface area contributed by atoms with E-state index in [1.165, 1.54) is 0 Å². The van der Waals surface area contributed by atoms with Gasteiger partial charge in [0.25, 0.3) is 10.1 Å². The normalized spacial score (nSPS) is 13.1. The lowest BCUT2D eigenvalue weighted by atomic mass is 10.3. The molecule has 86 valence electrons. The molecule has 0 aliphatic heterocycles. The quantitative estimate of drug-likeness (QED) is 0.401. The van der Waals surface area contributed by atoms with E-state index in [1.54, 1.807) is 0 Å². The van der Waals surface area contributed by atoms with Gasteiger partial charge in [0, 0.05) is 0 Å². The van der Waals surface area contributed by atoms with Crippen LogP contribution in [0.1, 0.15) is 26.2 Å². The molecule has 4 nitrogen and oxygen atoms in total. The molecule has 1 N–H and O–H groups in total. The molecule has 0 aromatic heterocycles. The summed E-state index contributed by atoms with van der Waals surface area (Å²) in [4.78, 5) is 0. The first kappa shape index (κ1) is 13.9. The standard InChI is InChI=1S/C9H21NO3S/c1-4-7-10(2,3)8-5-6-9-14(11,12)13/h4-9H2,1-3H3/p+1. The Morgan fingerprint density at radius 2 is 1.71 bits per heavy atom. The summed E-state index contributed by atoms with van der Waals surface area (Å²) >= 11 is 0. The fourth-order valence-electron chi connectivity index (χ4n) is 1.54. The minimum atomic E-state index is -3.76. The Morgan fingerprint density at radius 3 is 2.14 bits per heavy atom. The summed E-state index contributed by atoms with van der Waals surface area (Å²) in [5.41, 5.74) is 0. The summed E-state index contributed by atoms with van der Waals surface area (Å²) in [5.74, 6) is -0.112. The van der Waals surface area contributed by atoms with E-state index in [-0.39, 0.29) is 5.75 Å². The van der Waals surface area contributed by atoms with Crippen LogP contribution in [0.4, 0.5) is 0 Å². The first-order valence-electron chi connectivity index (χ1n) is 5.04. The van der Waals surface area contributed by atoms with E-state index in [0.29, 0.717) is 6.42 Å². The zero-order chi connectivity index (χ0) is 11.2. The van der Waals surface area contributed by atoms with E-state index >= 15 is 0 Å². The van der Waals surface area contributed by atoms with E-state index in [4.69, 9.17) is 4.55 Å². The molecular weight excluding hydrogens is 202 g/mol. The van der Waals surface area contributed by atoms with Crippen molar-refractivity contribution in [3.63, 3.8) is 0 Å². The summed E-state index contributed by atoms with van der Waals surface area (Å²) in [6.45, 7) is 4.20. The second-order valence-corrected chi connectivity index (χ2v) is 5.95.